The Labute approximate surface area is 161 Å². The molecule has 2 rings (SSSR count). The Morgan fingerprint density at radius 1 is 1.08 bits per heavy atom. The van der Waals surface area contributed by atoms with E-state index in [4.69, 9.17) is 27.9 Å². The van der Waals surface area contributed by atoms with Crippen molar-refractivity contribution in [1.29, 1.82) is 0 Å². The summed E-state index contributed by atoms with van der Waals surface area (Å²) in [6, 6.07) is 12.1. The molecule has 0 atom stereocenters. The summed E-state index contributed by atoms with van der Waals surface area (Å²) in [5.74, 6) is -0.0269. The van der Waals surface area contributed by atoms with Gasteiger partial charge in [0.2, 0.25) is 5.91 Å². The van der Waals surface area contributed by atoms with Crippen LogP contribution in [0.4, 0.5) is 0 Å². The molecule has 6 nitrogen and oxygen atoms in total. The van der Waals surface area contributed by atoms with E-state index in [0.717, 1.165) is 5.56 Å². The van der Waals surface area contributed by atoms with Gasteiger partial charge in [-0.15, -0.1) is 0 Å². The highest BCUT2D eigenvalue weighted by molar-refractivity contribution is 6.38. The van der Waals surface area contributed by atoms with E-state index >= 15 is 0 Å². The summed E-state index contributed by atoms with van der Waals surface area (Å²) >= 11 is 12.0. The number of benzene rings is 2. The van der Waals surface area contributed by atoms with Gasteiger partial charge in [-0.25, -0.2) is 5.43 Å². The van der Waals surface area contributed by atoms with Crippen molar-refractivity contribution in [2.75, 3.05) is 13.7 Å². The highest BCUT2D eigenvalue weighted by Crippen LogP contribution is 2.21. The first-order chi connectivity index (χ1) is 12.5. The molecule has 8 heteroatoms. The molecule has 0 aliphatic rings. The maximum atomic E-state index is 11.9. The van der Waals surface area contributed by atoms with Gasteiger partial charge in [-0.1, -0.05) is 41.4 Å². The molecule has 0 bridgehead atoms. The lowest BCUT2D eigenvalue weighted by atomic mass is 10.1. The summed E-state index contributed by atoms with van der Waals surface area (Å²) in [5.41, 5.74) is 3.62. The van der Waals surface area contributed by atoms with E-state index in [2.05, 4.69) is 15.8 Å². The van der Waals surface area contributed by atoms with E-state index in [1.807, 2.05) is 0 Å². The number of hydrogen-bond acceptors (Lipinski definition) is 4. The van der Waals surface area contributed by atoms with Gasteiger partial charge in [0.15, 0.2) is 0 Å². The highest BCUT2D eigenvalue weighted by atomic mass is 35.5. The Morgan fingerprint density at radius 2 is 1.73 bits per heavy atom. The Morgan fingerprint density at radius 3 is 2.35 bits per heavy atom. The molecule has 0 radical (unpaired) electrons. The molecule has 2 amide bonds. The minimum absolute atomic E-state index is 0.162. The van der Waals surface area contributed by atoms with E-state index in [-0.39, 0.29) is 18.9 Å². The van der Waals surface area contributed by atoms with Gasteiger partial charge in [0.1, 0.15) is 5.75 Å². The lowest BCUT2D eigenvalue weighted by molar-refractivity contribution is -0.125. The first kappa shape index (κ1) is 19.8. The van der Waals surface area contributed by atoms with Crippen LogP contribution in [0.25, 0.3) is 0 Å². The molecule has 2 aromatic carbocycles. The maximum absolute atomic E-state index is 11.9. The molecular weight excluding hydrogens is 377 g/mol. The second kappa shape index (κ2) is 9.79. The number of nitrogens with zero attached hydrogens (tertiary/aromatic N) is 1. The van der Waals surface area contributed by atoms with Crippen LogP contribution in [0.5, 0.6) is 5.75 Å². The van der Waals surface area contributed by atoms with Gasteiger partial charge in [0, 0.05) is 5.56 Å². The van der Waals surface area contributed by atoms with Crippen molar-refractivity contribution in [2.45, 2.75) is 6.42 Å². The molecule has 0 aliphatic heterocycles. The summed E-state index contributed by atoms with van der Waals surface area (Å²) in [4.78, 5) is 23.6. The molecule has 0 spiro atoms. The largest absolute Gasteiger partial charge is 0.497 e. The van der Waals surface area contributed by atoms with E-state index in [1.54, 1.807) is 49.6 Å². The van der Waals surface area contributed by atoms with Crippen LogP contribution < -0.4 is 15.5 Å². The Balaban J connectivity index is 1.77. The molecular formula is C18H17Cl2N3O3. The van der Waals surface area contributed by atoms with Crippen molar-refractivity contribution in [3.63, 3.8) is 0 Å². The summed E-state index contributed by atoms with van der Waals surface area (Å²) in [7, 11) is 1.57. The van der Waals surface area contributed by atoms with Crippen molar-refractivity contribution >= 4 is 41.2 Å². The molecule has 0 heterocycles. The zero-order chi connectivity index (χ0) is 18.9. The third kappa shape index (κ3) is 6.06. The first-order valence-corrected chi connectivity index (χ1v) is 8.40. The highest BCUT2D eigenvalue weighted by Gasteiger charge is 2.07. The van der Waals surface area contributed by atoms with E-state index < -0.39 is 5.91 Å². The van der Waals surface area contributed by atoms with Gasteiger partial charge < -0.3 is 10.1 Å². The molecule has 0 saturated carbocycles. The van der Waals surface area contributed by atoms with Crippen molar-refractivity contribution in [3.8, 4) is 5.75 Å². The van der Waals surface area contributed by atoms with Gasteiger partial charge in [0.05, 0.1) is 36.3 Å². The fraction of sp³-hybridized carbons (Fsp3) is 0.167. The minimum Gasteiger partial charge on any atom is -0.497 e. The third-order valence-corrected chi connectivity index (χ3v) is 4.01. The lowest BCUT2D eigenvalue weighted by Crippen LogP contribution is -2.35. The molecule has 0 saturated heterocycles. The van der Waals surface area contributed by atoms with Crippen LogP contribution in [0.1, 0.15) is 11.1 Å². The van der Waals surface area contributed by atoms with Crippen LogP contribution in [0.2, 0.25) is 10.0 Å². The fourth-order valence-electron chi connectivity index (χ4n) is 2.01. The molecule has 26 heavy (non-hydrogen) atoms. The molecule has 0 aliphatic carbocycles. The number of halogens is 2. The quantitative estimate of drug-likeness (QED) is 0.560. The number of ether oxygens (including phenoxy) is 1. The average molecular weight is 394 g/mol. The standard InChI is InChI=1S/C18H17Cl2N3O3/c1-26-13-7-5-12(6-8-13)9-17(24)21-11-18(25)23-22-10-14-15(19)3-2-4-16(14)20/h2-8,10H,9,11H2,1H3,(H,21,24)(H,23,25)/b22-10+. The van der Waals surface area contributed by atoms with Crippen molar-refractivity contribution < 1.29 is 14.3 Å². The summed E-state index contributed by atoms with van der Waals surface area (Å²) in [5, 5.41) is 7.15. The summed E-state index contributed by atoms with van der Waals surface area (Å²) in [6.07, 6.45) is 1.51. The fourth-order valence-corrected chi connectivity index (χ4v) is 2.51. The number of rotatable bonds is 7. The van der Waals surface area contributed by atoms with Crippen LogP contribution in [-0.4, -0.2) is 31.7 Å². The Bertz CT molecular complexity index is 788. The van der Waals surface area contributed by atoms with Crippen molar-refractivity contribution in [3.05, 3.63) is 63.6 Å². The second-order valence-corrected chi connectivity index (χ2v) is 6.04. The number of carbonyl (C=O) groups excluding carboxylic acids is 2. The van der Waals surface area contributed by atoms with Crippen LogP contribution in [0, 0.1) is 0 Å². The molecule has 136 valence electrons. The maximum Gasteiger partial charge on any atom is 0.259 e. The predicted octanol–water partition coefficient (Wildman–Crippen LogP) is 2.81. The normalized spacial score (nSPS) is 10.6. The predicted molar refractivity (Wildman–Crippen MR) is 102 cm³/mol. The summed E-state index contributed by atoms with van der Waals surface area (Å²) < 4.78 is 5.05. The molecule has 2 aromatic rings. The Hall–Kier alpha value is -2.57. The molecule has 0 aromatic heterocycles. The van der Waals surface area contributed by atoms with E-state index in [9.17, 15) is 9.59 Å². The average Bonchev–Trinajstić information content (AvgIpc) is 2.63. The smallest absolute Gasteiger partial charge is 0.259 e. The van der Waals surface area contributed by atoms with E-state index in [0.29, 0.717) is 21.4 Å². The number of nitrogens with one attached hydrogen (secondary N) is 2. The van der Waals surface area contributed by atoms with Gasteiger partial charge in [-0.2, -0.15) is 5.10 Å². The van der Waals surface area contributed by atoms with Gasteiger partial charge >= 0.3 is 0 Å². The second-order valence-electron chi connectivity index (χ2n) is 5.23. The zero-order valence-corrected chi connectivity index (χ0v) is 15.5. The molecule has 0 unspecified atom stereocenters. The number of amides is 2. The van der Waals surface area contributed by atoms with Gasteiger partial charge in [0.25, 0.3) is 5.91 Å². The number of methoxy groups -OCH3 is 1. The molecule has 0 fully saturated rings. The van der Waals surface area contributed by atoms with Crippen molar-refractivity contribution in [2.24, 2.45) is 5.10 Å². The first-order valence-electron chi connectivity index (χ1n) is 7.65. The third-order valence-electron chi connectivity index (χ3n) is 3.35. The van der Waals surface area contributed by atoms with Crippen LogP contribution in [0.3, 0.4) is 0 Å². The monoisotopic (exact) mass is 393 g/mol. The topological polar surface area (TPSA) is 79.8 Å². The summed E-state index contributed by atoms with van der Waals surface area (Å²) in [6.45, 7) is -0.192. The minimum atomic E-state index is -0.465. The zero-order valence-electron chi connectivity index (χ0n) is 14.0. The number of carbonyl (C=O) groups is 2. The van der Waals surface area contributed by atoms with Crippen molar-refractivity contribution in [1.82, 2.24) is 10.7 Å². The van der Waals surface area contributed by atoms with Crippen LogP contribution in [0.15, 0.2) is 47.6 Å². The van der Waals surface area contributed by atoms with E-state index in [1.165, 1.54) is 6.21 Å². The van der Waals surface area contributed by atoms with Gasteiger partial charge in [-0.05, 0) is 29.8 Å². The number of hydrazone groups is 1. The van der Waals surface area contributed by atoms with Crippen LogP contribution >= 0.6 is 23.2 Å². The van der Waals surface area contributed by atoms with Crippen LogP contribution in [-0.2, 0) is 16.0 Å². The SMILES string of the molecule is COc1ccc(CC(=O)NCC(=O)N/N=C/c2c(Cl)cccc2Cl)cc1. The van der Waals surface area contributed by atoms with Gasteiger partial charge in [-0.3, -0.25) is 9.59 Å². The lowest BCUT2D eigenvalue weighted by Gasteiger charge is -2.05. The number of hydrogen-bond donors (Lipinski definition) is 2. The molecule has 2 N–H and O–H groups in total. The Kier molecular flexibility index (Phi) is 7.44.